The summed E-state index contributed by atoms with van der Waals surface area (Å²) in [6.07, 6.45) is 0.529. The normalized spacial score (nSPS) is 27.3. The third-order valence-corrected chi connectivity index (χ3v) is 11.0. The van der Waals surface area contributed by atoms with E-state index in [0.29, 0.717) is 30.9 Å². The highest BCUT2D eigenvalue weighted by Gasteiger charge is 2.47. The predicted octanol–water partition coefficient (Wildman–Crippen LogP) is 4.07. The molecule has 5 heteroatoms. The van der Waals surface area contributed by atoms with Gasteiger partial charge in [0.15, 0.2) is 8.32 Å². The molecule has 1 aromatic carbocycles. The van der Waals surface area contributed by atoms with E-state index in [4.69, 9.17) is 9.16 Å². The van der Waals surface area contributed by atoms with Crippen LogP contribution in [0.5, 0.6) is 0 Å². The molecule has 3 rings (SSSR count). The van der Waals surface area contributed by atoms with Crippen LogP contribution < -0.4 is 0 Å². The van der Waals surface area contributed by atoms with Gasteiger partial charge in [-0.2, -0.15) is 0 Å². The van der Waals surface area contributed by atoms with Gasteiger partial charge in [0, 0.05) is 31.7 Å². The molecule has 2 aliphatic rings. The second-order valence-corrected chi connectivity index (χ2v) is 14.2. The van der Waals surface area contributed by atoms with Crippen molar-refractivity contribution in [2.45, 2.75) is 57.9 Å². The molecule has 0 amide bonds. The van der Waals surface area contributed by atoms with Gasteiger partial charge in [0.1, 0.15) is 0 Å². The Labute approximate surface area is 159 Å². The average Bonchev–Trinajstić information content (AvgIpc) is 2.89. The standard InChI is InChI=1S/C21H33NO3Si/c1-21(2,3)26(4,5)25-15-19-18-11-20(23)24-14-17(18)13-22(19)12-16-9-7-6-8-10-16/h6-10,17-19H,11-15H2,1-5H3/t17-,18+,19-/m0/s1. The number of benzene rings is 1. The van der Waals surface area contributed by atoms with Crippen LogP contribution in [0.1, 0.15) is 32.8 Å². The van der Waals surface area contributed by atoms with Gasteiger partial charge < -0.3 is 9.16 Å². The highest BCUT2D eigenvalue weighted by Crippen LogP contribution is 2.40. The Bertz CT molecular complexity index is 626. The third-order valence-electron chi connectivity index (χ3n) is 6.55. The first kappa shape index (κ1) is 19.6. The minimum atomic E-state index is -1.81. The lowest BCUT2D eigenvalue weighted by Crippen LogP contribution is -2.46. The Morgan fingerprint density at radius 2 is 1.92 bits per heavy atom. The van der Waals surface area contributed by atoms with E-state index in [1.54, 1.807) is 0 Å². The van der Waals surface area contributed by atoms with Crippen molar-refractivity contribution in [1.29, 1.82) is 0 Å². The van der Waals surface area contributed by atoms with Crippen molar-refractivity contribution in [1.82, 2.24) is 4.90 Å². The quantitative estimate of drug-likeness (QED) is 0.574. The third kappa shape index (κ3) is 4.21. The Morgan fingerprint density at radius 1 is 1.23 bits per heavy atom. The van der Waals surface area contributed by atoms with Crippen LogP contribution in [0, 0.1) is 11.8 Å². The molecule has 0 unspecified atom stereocenters. The van der Waals surface area contributed by atoms with Gasteiger partial charge in [0.2, 0.25) is 0 Å². The summed E-state index contributed by atoms with van der Waals surface area (Å²) in [7, 11) is -1.81. The number of hydrogen-bond donors (Lipinski definition) is 0. The number of esters is 1. The van der Waals surface area contributed by atoms with Crippen molar-refractivity contribution in [3.8, 4) is 0 Å². The first-order valence-corrected chi connectivity index (χ1v) is 12.7. The van der Waals surface area contributed by atoms with Crippen LogP contribution in [0.25, 0.3) is 0 Å². The van der Waals surface area contributed by atoms with Crippen LogP contribution in [0.4, 0.5) is 0 Å². The summed E-state index contributed by atoms with van der Waals surface area (Å²) in [6, 6.07) is 10.9. The fourth-order valence-corrected chi connectivity index (χ4v) is 4.85. The highest BCUT2D eigenvalue weighted by atomic mass is 28.4. The molecule has 0 N–H and O–H groups in total. The molecular formula is C21H33NO3Si. The maximum Gasteiger partial charge on any atom is 0.306 e. The lowest BCUT2D eigenvalue weighted by atomic mass is 9.87. The van der Waals surface area contributed by atoms with E-state index in [9.17, 15) is 4.79 Å². The molecule has 0 aromatic heterocycles. The molecule has 3 atom stereocenters. The number of fused-ring (bicyclic) bond motifs is 1. The van der Waals surface area contributed by atoms with Gasteiger partial charge in [0.25, 0.3) is 0 Å². The molecule has 0 spiro atoms. The molecule has 2 heterocycles. The fourth-order valence-electron chi connectivity index (χ4n) is 3.83. The molecule has 144 valence electrons. The molecular weight excluding hydrogens is 342 g/mol. The van der Waals surface area contributed by atoms with E-state index in [1.165, 1.54) is 5.56 Å². The number of hydrogen-bond acceptors (Lipinski definition) is 4. The number of carbonyl (C=O) groups excluding carboxylic acids is 1. The summed E-state index contributed by atoms with van der Waals surface area (Å²) in [6.45, 7) is 14.6. The first-order chi connectivity index (χ1) is 12.2. The molecule has 2 saturated heterocycles. The van der Waals surface area contributed by atoms with Gasteiger partial charge in [-0.1, -0.05) is 51.1 Å². The van der Waals surface area contributed by atoms with E-state index in [1.807, 2.05) is 0 Å². The van der Waals surface area contributed by atoms with Crippen LogP contribution in [-0.4, -0.2) is 45.0 Å². The number of carbonyl (C=O) groups is 1. The number of rotatable bonds is 5. The molecule has 0 bridgehead atoms. The lowest BCUT2D eigenvalue weighted by molar-refractivity contribution is -0.152. The van der Waals surface area contributed by atoms with E-state index >= 15 is 0 Å². The van der Waals surface area contributed by atoms with Gasteiger partial charge in [0.05, 0.1) is 13.0 Å². The Morgan fingerprint density at radius 3 is 2.58 bits per heavy atom. The smallest absolute Gasteiger partial charge is 0.306 e. The largest absolute Gasteiger partial charge is 0.465 e. The summed E-state index contributed by atoms with van der Waals surface area (Å²) >= 11 is 0. The number of nitrogens with zero attached hydrogens (tertiary/aromatic N) is 1. The SMILES string of the molecule is CC(C)(C)[Si](C)(C)OC[C@H]1[C@@H]2CC(=O)OC[C@@H]2CN1Cc1ccccc1. The maximum atomic E-state index is 11.9. The molecule has 2 fully saturated rings. The van der Waals surface area contributed by atoms with Crippen LogP contribution >= 0.6 is 0 Å². The van der Waals surface area contributed by atoms with E-state index in [-0.39, 0.29) is 11.0 Å². The van der Waals surface area contributed by atoms with Gasteiger partial charge in [-0.25, -0.2) is 0 Å². The van der Waals surface area contributed by atoms with E-state index in [2.05, 4.69) is 69.1 Å². The average molecular weight is 376 g/mol. The zero-order valence-corrected chi connectivity index (χ0v) is 17.8. The summed E-state index contributed by atoms with van der Waals surface area (Å²) < 4.78 is 11.9. The summed E-state index contributed by atoms with van der Waals surface area (Å²) in [5.41, 5.74) is 1.32. The minimum absolute atomic E-state index is 0.0508. The highest BCUT2D eigenvalue weighted by molar-refractivity contribution is 6.74. The lowest BCUT2D eigenvalue weighted by Gasteiger charge is -2.39. The van der Waals surface area contributed by atoms with E-state index < -0.39 is 8.32 Å². The minimum Gasteiger partial charge on any atom is -0.465 e. The molecule has 0 radical (unpaired) electrons. The Balaban J connectivity index is 1.75. The van der Waals surface area contributed by atoms with Gasteiger partial charge in [-0.3, -0.25) is 9.69 Å². The first-order valence-electron chi connectivity index (χ1n) is 9.75. The summed E-state index contributed by atoms with van der Waals surface area (Å²) in [4.78, 5) is 14.4. The second kappa shape index (κ2) is 7.45. The van der Waals surface area contributed by atoms with Crippen LogP contribution in [0.15, 0.2) is 30.3 Å². The van der Waals surface area contributed by atoms with Crippen LogP contribution in [0.3, 0.4) is 0 Å². The summed E-state index contributed by atoms with van der Waals surface area (Å²) in [5.74, 6) is 0.735. The summed E-state index contributed by atoms with van der Waals surface area (Å²) in [5, 5.41) is 0.195. The molecule has 4 nitrogen and oxygen atoms in total. The van der Waals surface area contributed by atoms with Crippen LogP contribution in [0.2, 0.25) is 18.1 Å². The maximum absolute atomic E-state index is 11.9. The van der Waals surface area contributed by atoms with E-state index in [0.717, 1.165) is 19.7 Å². The van der Waals surface area contributed by atoms with Crippen molar-refractivity contribution in [2.75, 3.05) is 19.8 Å². The molecule has 0 saturated carbocycles. The number of cyclic esters (lactones) is 1. The molecule has 0 aliphatic carbocycles. The zero-order valence-electron chi connectivity index (χ0n) is 16.8. The van der Waals surface area contributed by atoms with Crippen molar-refractivity contribution >= 4 is 14.3 Å². The van der Waals surface area contributed by atoms with Gasteiger partial charge >= 0.3 is 5.97 Å². The Hall–Kier alpha value is -1.17. The van der Waals surface area contributed by atoms with Crippen molar-refractivity contribution in [3.05, 3.63) is 35.9 Å². The number of likely N-dealkylation sites (tertiary alicyclic amines) is 1. The second-order valence-electron chi connectivity index (χ2n) is 9.36. The molecule has 26 heavy (non-hydrogen) atoms. The predicted molar refractivity (Wildman–Crippen MR) is 106 cm³/mol. The van der Waals surface area contributed by atoms with Crippen molar-refractivity contribution in [3.63, 3.8) is 0 Å². The zero-order chi connectivity index (χ0) is 18.9. The van der Waals surface area contributed by atoms with Crippen LogP contribution in [-0.2, 0) is 20.5 Å². The molecule has 2 aliphatic heterocycles. The fraction of sp³-hybridized carbons (Fsp3) is 0.667. The number of ether oxygens (including phenoxy) is 1. The molecule has 1 aromatic rings. The topological polar surface area (TPSA) is 38.8 Å². The Kier molecular flexibility index (Phi) is 5.61. The van der Waals surface area contributed by atoms with Crippen molar-refractivity contribution in [2.24, 2.45) is 11.8 Å². The van der Waals surface area contributed by atoms with Gasteiger partial charge in [-0.05, 0) is 29.6 Å². The van der Waals surface area contributed by atoms with Crippen molar-refractivity contribution < 1.29 is 14.0 Å². The monoisotopic (exact) mass is 375 g/mol. The van der Waals surface area contributed by atoms with Gasteiger partial charge in [-0.15, -0.1) is 0 Å².